The van der Waals surface area contributed by atoms with Gasteiger partial charge in [0, 0.05) is 38.1 Å². The number of nitrogens with zero attached hydrogens (tertiary/aromatic N) is 2. The largest absolute Gasteiger partial charge is 0.333 e. The number of hydrogen-bond donors (Lipinski definition) is 0. The van der Waals surface area contributed by atoms with Gasteiger partial charge in [-0.2, -0.15) is 0 Å². The Morgan fingerprint density at radius 3 is 2.32 bits per heavy atom. The summed E-state index contributed by atoms with van der Waals surface area (Å²) in [6, 6.07) is 10.4. The summed E-state index contributed by atoms with van der Waals surface area (Å²) in [6.45, 7) is 2.56. The first-order valence-electron chi connectivity index (χ1n) is 9.66. The Balaban J connectivity index is 1.42. The molecule has 0 aromatic heterocycles. The van der Waals surface area contributed by atoms with Crippen LogP contribution in [0.1, 0.15) is 36.8 Å². The Labute approximate surface area is 162 Å². The third-order valence-electron chi connectivity index (χ3n) is 6.08. The molecule has 0 saturated carbocycles. The molecule has 28 heavy (non-hydrogen) atoms. The zero-order valence-corrected chi connectivity index (χ0v) is 15.6. The van der Waals surface area contributed by atoms with E-state index < -0.39 is 11.6 Å². The summed E-state index contributed by atoms with van der Waals surface area (Å²) in [5.41, 5.74) is 1.36. The molecule has 0 radical (unpaired) electrons. The zero-order valence-electron chi connectivity index (χ0n) is 15.6. The van der Waals surface area contributed by atoms with E-state index >= 15 is 0 Å². The first-order chi connectivity index (χ1) is 13.4. The highest BCUT2D eigenvalue weighted by Crippen LogP contribution is 2.40. The molecule has 2 fully saturated rings. The predicted molar refractivity (Wildman–Crippen MR) is 99.8 cm³/mol. The molecule has 2 aromatic rings. The second-order valence-electron chi connectivity index (χ2n) is 7.86. The highest BCUT2D eigenvalue weighted by Gasteiger charge is 2.46. The number of amides is 1. The van der Waals surface area contributed by atoms with E-state index in [9.17, 15) is 18.0 Å². The van der Waals surface area contributed by atoms with E-state index in [1.54, 1.807) is 12.1 Å². The van der Waals surface area contributed by atoms with E-state index in [4.69, 9.17) is 0 Å². The first-order valence-corrected chi connectivity index (χ1v) is 9.66. The molecule has 2 saturated heterocycles. The molecule has 0 bridgehead atoms. The van der Waals surface area contributed by atoms with E-state index in [1.165, 1.54) is 18.2 Å². The maximum Gasteiger partial charge on any atom is 0.223 e. The third-order valence-corrected chi connectivity index (χ3v) is 6.08. The van der Waals surface area contributed by atoms with Crippen LogP contribution in [-0.4, -0.2) is 34.3 Å². The van der Waals surface area contributed by atoms with Crippen molar-refractivity contribution in [3.63, 3.8) is 0 Å². The minimum Gasteiger partial charge on any atom is -0.333 e. The number of carbonyl (C=O) groups excluding carboxylic acids is 1. The second kappa shape index (κ2) is 7.59. The lowest BCUT2D eigenvalue weighted by atomic mass is 9.84. The van der Waals surface area contributed by atoms with Crippen LogP contribution < -0.4 is 0 Å². The molecule has 0 atom stereocenters. The fourth-order valence-electron chi connectivity index (χ4n) is 4.49. The molecule has 2 heterocycles. The Morgan fingerprint density at radius 2 is 1.61 bits per heavy atom. The lowest BCUT2D eigenvalue weighted by molar-refractivity contribution is -0.133. The van der Waals surface area contributed by atoms with Gasteiger partial charge in [-0.1, -0.05) is 18.2 Å². The Morgan fingerprint density at radius 1 is 0.857 bits per heavy atom. The average molecular weight is 388 g/mol. The van der Waals surface area contributed by atoms with Crippen LogP contribution in [0.15, 0.2) is 42.5 Å². The van der Waals surface area contributed by atoms with E-state index in [0.29, 0.717) is 19.5 Å². The van der Waals surface area contributed by atoms with Gasteiger partial charge in [-0.25, -0.2) is 13.2 Å². The highest BCUT2D eigenvalue weighted by molar-refractivity contribution is 5.79. The van der Waals surface area contributed by atoms with Crippen LogP contribution in [0.5, 0.6) is 0 Å². The Hall–Kier alpha value is -2.34. The van der Waals surface area contributed by atoms with Gasteiger partial charge in [0.25, 0.3) is 0 Å². The summed E-state index contributed by atoms with van der Waals surface area (Å²) >= 11 is 0. The predicted octanol–water partition coefficient (Wildman–Crippen LogP) is 4.26. The van der Waals surface area contributed by atoms with E-state index in [-0.39, 0.29) is 17.3 Å². The van der Waals surface area contributed by atoms with E-state index in [1.807, 2.05) is 11.0 Å². The van der Waals surface area contributed by atoms with E-state index in [2.05, 4.69) is 4.90 Å². The summed E-state index contributed by atoms with van der Waals surface area (Å²) in [4.78, 5) is 16.7. The molecule has 6 heteroatoms. The maximum absolute atomic E-state index is 13.5. The molecule has 0 aliphatic carbocycles. The zero-order chi connectivity index (χ0) is 19.7. The van der Waals surface area contributed by atoms with Gasteiger partial charge in [-0.3, -0.25) is 9.69 Å². The summed E-state index contributed by atoms with van der Waals surface area (Å²) in [5, 5.41) is 0. The lowest BCUT2D eigenvalue weighted by Gasteiger charge is -2.45. The topological polar surface area (TPSA) is 23.6 Å². The Kier molecular flexibility index (Phi) is 5.15. The van der Waals surface area contributed by atoms with Crippen molar-refractivity contribution < 1.29 is 18.0 Å². The van der Waals surface area contributed by atoms with Crippen molar-refractivity contribution in [3.8, 4) is 0 Å². The van der Waals surface area contributed by atoms with Crippen LogP contribution in [0.3, 0.4) is 0 Å². The van der Waals surface area contributed by atoms with Crippen molar-refractivity contribution in [2.45, 2.75) is 44.3 Å². The van der Waals surface area contributed by atoms with Gasteiger partial charge in [-0.15, -0.1) is 0 Å². The maximum atomic E-state index is 13.5. The molecule has 4 rings (SSSR count). The van der Waals surface area contributed by atoms with Crippen LogP contribution in [-0.2, 0) is 17.9 Å². The van der Waals surface area contributed by atoms with Crippen molar-refractivity contribution in [3.05, 3.63) is 71.0 Å². The summed E-state index contributed by atoms with van der Waals surface area (Å²) < 4.78 is 40.1. The van der Waals surface area contributed by atoms with Crippen molar-refractivity contribution in [2.75, 3.05) is 13.1 Å². The molecule has 0 N–H and O–H groups in total. The minimum atomic E-state index is -0.834. The number of likely N-dealkylation sites (tertiary alicyclic amines) is 2. The monoisotopic (exact) mass is 388 g/mol. The fraction of sp³-hybridized carbons (Fsp3) is 0.409. The molecule has 148 valence electrons. The normalized spacial score (nSPS) is 19.5. The number of carbonyl (C=O) groups is 1. The highest BCUT2D eigenvalue weighted by atomic mass is 19.2. The van der Waals surface area contributed by atoms with Crippen LogP contribution in [0.2, 0.25) is 0 Å². The van der Waals surface area contributed by atoms with Gasteiger partial charge < -0.3 is 4.90 Å². The van der Waals surface area contributed by atoms with Crippen molar-refractivity contribution in [1.82, 2.24) is 9.80 Å². The van der Waals surface area contributed by atoms with Gasteiger partial charge in [0.1, 0.15) is 5.82 Å². The molecule has 2 aromatic carbocycles. The van der Waals surface area contributed by atoms with Crippen molar-refractivity contribution in [2.24, 2.45) is 0 Å². The molecule has 2 aliphatic rings. The smallest absolute Gasteiger partial charge is 0.223 e. The number of benzene rings is 2. The summed E-state index contributed by atoms with van der Waals surface area (Å²) in [5.74, 6) is -1.83. The second-order valence-corrected chi connectivity index (χ2v) is 7.86. The van der Waals surface area contributed by atoms with Crippen molar-refractivity contribution >= 4 is 5.91 Å². The van der Waals surface area contributed by atoms with Crippen LogP contribution >= 0.6 is 0 Å². The van der Waals surface area contributed by atoms with Gasteiger partial charge in [-0.05, 0) is 54.7 Å². The summed E-state index contributed by atoms with van der Waals surface area (Å²) in [7, 11) is 0. The van der Waals surface area contributed by atoms with Gasteiger partial charge in [0.15, 0.2) is 11.6 Å². The first kappa shape index (κ1) is 19.0. The molecule has 1 spiro atoms. The fourth-order valence-corrected chi connectivity index (χ4v) is 4.49. The van der Waals surface area contributed by atoms with Crippen molar-refractivity contribution in [1.29, 1.82) is 0 Å². The standard InChI is InChI=1S/C22H23F3N2O/c23-18-3-1-2-16(12-18)15-27-21(28)6-7-22(27)8-10-26(11-9-22)14-17-4-5-19(24)20(25)13-17/h1-5,12-13H,6-11,14-15H2. The third kappa shape index (κ3) is 3.78. The van der Waals surface area contributed by atoms with Gasteiger partial charge in [0.05, 0.1) is 0 Å². The molecular weight excluding hydrogens is 365 g/mol. The molecule has 0 unspecified atom stereocenters. The van der Waals surface area contributed by atoms with Crippen LogP contribution in [0.25, 0.3) is 0 Å². The quantitative estimate of drug-likeness (QED) is 0.781. The molecule has 2 aliphatic heterocycles. The minimum absolute atomic E-state index is 0.123. The van der Waals surface area contributed by atoms with Gasteiger partial charge >= 0.3 is 0 Å². The number of piperidine rings is 1. The lowest BCUT2D eigenvalue weighted by Crippen LogP contribution is -2.52. The summed E-state index contributed by atoms with van der Waals surface area (Å²) in [6.07, 6.45) is 3.01. The molecule has 1 amide bonds. The SMILES string of the molecule is O=C1CCC2(CCN(Cc3ccc(F)c(F)c3)CC2)N1Cc1cccc(F)c1. The Bertz CT molecular complexity index is 878. The number of halogens is 3. The average Bonchev–Trinajstić information content (AvgIpc) is 2.97. The molecular formula is C22H23F3N2O. The number of hydrogen-bond acceptors (Lipinski definition) is 2. The van der Waals surface area contributed by atoms with Crippen LogP contribution in [0, 0.1) is 17.5 Å². The number of rotatable bonds is 4. The van der Waals surface area contributed by atoms with Crippen LogP contribution in [0.4, 0.5) is 13.2 Å². The van der Waals surface area contributed by atoms with Gasteiger partial charge in [0.2, 0.25) is 5.91 Å². The van der Waals surface area contributed by atoms with E-state index in [0.717, 1.165) is 49.5 Å². The molecule has 3 nitrogen and oxygen atoms in total.